The fourth-order valence-electron chi connectivity index (χ4n) is 1.67. The van der Waals surface area contributed by atoms with E-state index in [0.717, 1.165) is 27.5 Å². The van der Waals surface area contributed by atoms with E-state index in [9.17, 15) is 0 Å². The average Bonchev–Trinajstić information content (AvgIpc) is 2.32. The van der Waals surface area contributed by atoms with Crippen molar-refractivity contribution in [3.8, 4) is 0 Å². The molecule has 0 N–H and O–H groups in total. The van der Waals surface area contributed by atoms with E-state index in [2.05, 4.69) is 45.8 Å². The van der Waals surface area contributed by atoms with E-state index in [0.29, 0.717) is 0 Å². The Morgan fingerprint density at radius 2 is 1.94 bits per heavy atom. The molecule has 0 aliphatic carbocycles. The molecule has 0 radical (unpaired) electrons. The lowest BCUT2D eigenvalue weighted by atomic mass is 10.1. The topological polar surface area (TPSA) is 12.4 Å². The molecule has 0 aromatic heterocycles. The van der Waals surface area contributed by atoms with E-state index in [-0.39, 0.29) is 0 Å². The Labute approximate surface area is 126 Å². The Morgan fingerprint density at radius 3 is 2.61 bits per heavy atom. The van der Waals surface area contributed by atoms with Crippen molar-refractivity contribution in [1.82, 2.24) is 0 Å². The summed E-state index contributed by atoms with van der Waals surface area (Å²) in [6.45, 7) is 4.02. The number of rotatable bonds is 2. The molecule has 1 nitrogen and oxygen atoms in total. The lowest BCUT2D eigenvalue weighted by Crippen LogP contribution is -1.94. The maximum atomic E-state index is 6.03. The Hall–Kier alpha value is -0.870. The van der Waals surface area contributed by atoms with Crippen molar-refractivity contribution in [3.63, 3.8) is 0 Å². The molecule has 2 aromatic carbocycles. The van der Waals surface area contributed by atoms with Crippen LogP contribution >= 0.6 is 34.2 Å². The second-order valence-electron chi connectivity index (χ2n) is 4.14. The highest BCUT2D eigenvalue weighted by Crippen LogP contribution is 2.20. The summed E-state index contributed by atoms with van der Waals surface area (Å²) in [6.07, 6.45) is 0. The molecule has 92 valence electrons. The molecule has 18 heavy (non-hydrogen) atoms. The van der Waals surface area contributed by atoms with Gasteiger partial charge in [0.15, 0.2) is 0 Å². The van der Waals surface area contributed by atoms with E-state index in [1.807, 2.05) is 38.1 Å². The molecule has 0 atom stereocenters. The zero-order valence-corrected chi connectivity index (χ0v) is 13.2. The molecule has 0 unspecified atom stereocenters. The van der Waals surface area contributed by atoms with Crippen LogP contribution in [0.15, 0.2) is 47.5 Å². The number of halogens is 2. The average molecular weight is 370 g/mol. The largest absolute Gasteiger partial charge is 0.253 e. The molecule has 0 saturated heterocycles. The Morgan fingerprint density at radius 1 is 1.17 bits per heavy atom. The number of hydrogen-bond acceptors (Lipinski definition) is 1. The third-order valence-electron chi connectivity index (χ3n) is 2.68. The smallest absolute Gasteiger partial charge is 0.0643 e. The van der Waals surface area contributed by atoms with Gasteiger partial charge in [-0.1, -0.05) is 23.7 Å². The molecular formula is C15H13ClIN. The summed E-state index contributed by atoms with van der Waals surface area (Å²) in [5.74, 6) is 0. The summed E-state index contributed by atoms with van der Waals surface area (Å²) in [6, 6.07) is 14.1. The van der Waals surface area contributed by atoms with E-state index in [4.69, 9.17) is 11.6 Å². The Bertz CT molecular complexity index is 605. The second kappa shape index (κ2) is 5.85. The lowest BCUT2D eigenvalue weighted by Gasteiger charge is -2.04. The first kappa shape index (κ1) is 13.6. The van der Waals surface area contributed by atoms with Crippen molar-refractivity contribution in [1.29, 1.82) is 0 Å². The molecule has 0 saturated carbocycles. The fourth-order valence-corrected chi connectivity index (χ4v) is 2.32. The molecular weight excluding hydrogens is 357 g/mol. The second-order valence-corrected chi connectivity index (χ2v) is 5.79. The molecule has 0 bridgehead atoms. The van der Waals surface area contributed by atoms with Crippen LogP contribution in [0.5, 0.6) is 0 Å². The number of aryl methyl sites for hydroxylation is 1. The molecule has 2 rings (SSSR count). The van der Waals surface area contributed by atoms with Crippen LogP contribution in [-0.2, 0) is 0 Å². The monoisotopic (exact) mass is 369 g/mol. The maximum absolute atomic E-state index is 6.03. The van der Waals surface area contributed by atoms with Crippen LogP contribution in [0.3, 0.4) is 0 Å². The van der Waals surface area contributed by atoms with Crippen molar-refractivity contribution >= 4 is 45.6 Å². The zero-order chi connectivity index (χ0) is 13.1. The summed E-state index contributed by atoms with van der Waals surface area (Å²) in [4.78, 5) is 4.63. The van der Waals surface area contributed by atoms with Gasteiger partial charge in [-0.2, -0.15) is 0 Å². The minimum Gasteiger partial charge on any atom is -0.253 e. The van der Waals surface area contributed by atoms with Crippen LogP contribution in [0.4, 0.5) is 5.69 Å². The van der Waals surface area contributed by atoms with E-state index in [1.54, 1.807) is 0 Å². The number of aliphatic imine (C=N–C) groups is 1. The summed E-state index contributed by atoms with van der Waals surface area (Å²) in [5, 5.41) is 0.792. The van der Waals surface area contributed by atoms with Crippen LogP contribution in [0.1, 0.15) is 18.1 Å². The van der Waals surface area contributed by atoms with Crippen LogP contribution in [0.25, 0.3) is 0 Å². The molecule has 0 heterocycles. The zero-order valence-electron chi connectivity index (χ0n) is 10.2. The predicted molar refractivity (Wildman–Crippen MR) is 87.2 cm³/mol. The predicted octanol–water partition coefficient (Wildman–Crippen LogP) is 5.39. The van der Waals surface area contributed by atoms with Crippen LogP contribution in [-0.4, -0.2) is 5.71 Å². The third-order valence-corrected chi connectivity index (χ3v) is 3.78. The quantitative estimate of drug-likeness (QED) is 0.497. The standard InChI is InChI=1S/C15H13ClIN/c1-10-8-12(6-7-15(10)16)11(2)18-14-5-3-4-13(17)9-14/h3-9H,1-2H3. The lowest BCUT2D eigenvalue weighted by molar-refractivity contribution is 1.42. The van der Waals surface area contributed by atoms with Crippen molar-refractivity contribution in [2.75, 3.05) is 0 Å². The van der Waals surface area contributed by atoms with Crippen molar-refractivity contribution in [2.45, 2.75) is 13.8 Å². The van der Waals surface area contributed by atoms with E-state index >= 15 is 0 Å². The van der Waals surface area contributed by atoms with Crippen molar-refractivity contribution in [3.05, 3.63) is 62.2 Å². The fraction of sp³-hybridized carbons (Fsp3) is 0.133. The number of hydrogen-bond donors (Lipinski definition) is 0. The minimum absolute atomic E-state index is 0.792. The maximum Gasteiger partial charge on any atom is 0.0643 e. The van der Waals surface area contributed by atoms with Gasteiger partial charge in [-0.3, -0.25) is 4.99 Å². The number of nitrogens with zero attached hydrogens (tertiary/aromatic N) is 1. The summed E-state index contributed by atoms with van der Waals surface area (Å²) in [5.41, 5.74) is 4.16. The molecule has 2 aromatic rings. The van der Waals surface area contributed by atoms with E-state index in [1.165, 1.54) is 3.57 Å². The van der Waals surface area contributed by atoms with Crippen molar-refractivity contribution in [2.24, 2.45) is 4.99 Å². The molecule has 0 spiro atoms. The van der Waals surface area contributed by atoms with Gasteiger partial charge in [0.1, 0.15) is 0 Å². The minimum atomic E-state index is 0.792. The highest BCUT2D eigenvalue weighted by molar-refractivity contribution is 14.1. The van der Waals surface area contributed by atoms with Gasteiger partial charge in [-0.25, -0.2) is 0 Å². The van der Waals surface area contributed by atoms with Gasteiger partial charge >= 0.3 is 0 Å². The van der Waals surface area contributed by atoms with Gasteiger partial charge in [0.05, 0.1) is 5.69 Å². The highest BCUT2D eigenvalue weighted by Gasteiger charge is 2.01. The molecule has 3 heteroatoms. The number of benzene rings is 2. The van der Waals surface area contributed by atoms with Gasteiger partial charge < -0.3 is 0 Å². The summed E-state index contributed by atoms with van der Waals surface area (Å²) >= 11 is 8.32. The van der Waals surface area contributed by atoms with Crippen molar-refractivity contribution < 1.29 is 0 Å². The van der Waals surface area contributed by atoms with E-state index < -0.39 is 0 Å². The Balaban J connectivity index is 2.35. The molecule has 0 fully saturated rings. The SMILES string of the molecule is CC(=Nc1cccc(I)c1)c1ccc(Cl)c(C)c1. The highest BCUT2D eigenvalue weighted by atomic mass is 127. The Kier molecular flexibility index (Phi) is 4.40. The van der Waals surface area contributed by atoms with Gasteiger partial charge in [0.25, 0.3) is 0 Å². The summed E-state index contributed by atoms with van der Waals surface area (Å²) < 4.78 is 1.19. The normalized spacial score (nSPS) is 11.7. The first-order valence-electron chi connectivity index (χ1n) is 5.63. The van der Waals surface area contributed by atoms with Crippen LogP contribution in [0.2, 0.25) is 5.02 Å². The van der Waals surface area contributed by atoms with Gasteiger partial charge in [-0.05, 0) is 77.9 Å². The van der Waals surface area contributed by atoms with Crippen LogP contribution < -0.4 is 0 Å². The van der Waals surface area contributed by atoms with Gasteiger partial charge in [0, 0.05) is 14.3 Å². The third kappa shape index (κ3) is 3.33. The first-order chi connectivity index (χ1) is 8.56. The summed E-state index contributed by atoms with van der Waals surface area (Å²) in [7, 11) is 0. The molecule has 0 aliphatic rings. The first-order valence-corrected chi connectivity index (χ1v) is 7.09. The van der Waals surface area contributed by atoms with Crippen LogP contribution in [0, 0.1) is 10.5 Å². The van der Waals surface area contributed by atoms with Gasteiger partial charge in [-0.15, -0.1) is 0 Å². The molecule has 0 amide bonds. The molecule has 0 aliphatic heterocycles. The van der Waals surface area contributed by atoms with Gasteiger partial charge in [0.2, 0.25) is 0 Å².